The zero-order valence-corrected chi connectivity index (χ0v) is 6.34. The quantitative estimate of drug-likeness (QED) is 0.443. The van der Waals surface area contributed by atoms with Crippen molar-refractivity contribution < 1.29 is 24.5 Å². The van der Waals surface area contributed by atoms with E-state index in [1.54, 1.807) is 0 Å². The van der Waals surface area contributed by atoms with Gasteiger partial charge in [0, 0.05) is 5.92 Å². The van der Waals surface area contributed by atoms with Gasteiger partial charge in [-0.1, -0.05) is 0 Å². The molecule has 0 aromatic rings. The van der Waals surface area contributed by atoms with E-state index in [0.29, 0.717) is 0 Å². The summed E-state index contributed by atoms with van der Waals surface area (Å²) in [5, 5.41) is 18.4. The van der Waals surface area contributed by atoms with Gasteiger partial charge in [0.15, 0.2) is 6.29 Å². The SMILES string of the molecule is O=C1C[C@@H]2COC(O)[C@@H](O)[C@@H]2O1. The highest BCUT2D eigenvalue weighted by Gasteiger charge is 2.46. The molecule has 0 radical (unpaired) electrons. The summed E-state index contributed by atoms with van der Waals surface area (Å²) in [7, 11) is 0. The lowest BCUT2D eigenvalue weighted by Crippen LogP contribution is -2.48. The number of hydrogen-bond donors (Lipinski definition) is 2. The van der Waals surface area contributed by atoms with E-state index in [4.69, 9.17) is 14.6 Å². The van der Waals surface area contributed by atoms with Gasteiger partial charge >= 0.3 is 5.97 Å². The number of hydrogen-bond acceptors (Lipinski definition) is 5. The molecule has 68 valence electrons. The van der Waals surface area contributed by atoms with Crippen LogP contribution in [0.4, 0.5) is 0 Å². The molecule has 5 heteroatoms. The van der Waals surface area contributed by atoms with Gasteiger partial charge in [-0.3, -0.25) is 4.79 Å². The second kappa shape index (κ2) is 2.69. The third kappa shape index (κ3) is 1.10. The summed E-state index contributed by atoms with van der Waals surface area (Å²) in [6, 6.07) is 0. The van der Waals surface area contributed by atoms with Crippen molar-refractivity contribution in [1.29, 1.82) is 0 Å². The summed E-state index contributed by atoms with van der Waals surface area (Å²) in [6.45, 7) is 0.272. The minimum atomic E-state index is -1.22. The van der Waals surface area contributed by atoms with Crippen LogP contribution in [0.25, 0.3) is 0 Å². The highest BCUT2D eigenvalue weighted by molar-refractivity contribution is 5.72. The van der Waals surface area contributed by atoms with Crippen LogP contribution in [-0.2, 0) is 14.3 Å². The molecule has 0 aliphatic carbocycles. The highest BCUT2D eigenvalue weighted by Crippen LogP contribution is 2.30. The van der Waals surface area contributed by atoms with Gasteiger partial charge in [0.2, 0.25) is 0 Å². The molecule has 5 nitrogen and oxygen atoms in total. The van der Waals surface area contributed by atoms with E-state index in [9.17, 15) is 9.90 Å². The minimum Gasteiger partial charge on any atom is -0.459 e. The standard InChI is InChI=1S/C7H10O5/c8-4-1-3-2-11-7(10)5(9)6(3)12-4/h3,5-7,9-10H,1-2H2/t3-,5+,6-,7?/m1/s1. The molecule has 2 fully saturated rings. The first-order valence-electron chi connectivity index (χ1n) is 3.85. The maximum absolute atomic E-state index is 10.8. The van der Waals surface area contributed by atoms with Gasteiger partial charge in [-0.2, -0.15) is 0 Å². The first kappa shape index (κ1) is 7.97. The Balaban J connectivity index is 2.11. The first-order chi connectivity index (χ1) is 5.68. The van der Waals surface area contributed by atoms with E-state index in [1.165, 1.54) is 0 Å². The van der Waals surface area contributed by atoms with Crippen molar-refractivity contribution in [2.24, 2.45) is 5.92 Å². The van der Waals surface area contributed by atoms with Crippen LogP contribution in [0.1, 0.15) is 6.42 Å². The number of aliphatic hydroxyl groups excluding tert-OH is 2. The number of fused-ring (bicyclic) bond motifs is 1. The summed E-state index contributed by atoms with van der Waals surface area (Å²) < 4.78 is 9.64. The van der Waals surface area contributed by atoms with E-state index >= 15 is 0 Å². The fourth-order valence-electron chi connectivity index (χ4n) is 1.61. The van der Waals surface area contributed by atoms with Gasteiger partial charge in [0.25, 0.3) is 0 Å². The van der Waals surface area contributed by atoms with Crippen molar-refractivity contribution in [3.8, 4) is 0 Å². The van der Waals surface area contributed by atoms with Gasteiger partial charge in [-0.05, 0) is 0 Å². The van der Waals surface area contributed by atoms with Crippen molar-refractivity contribution in [2.75, 3.05) is 6.61 Å². The van der Waals surface area contributed by atoms with Gasteiger partial charge in [-0.15, -0.1) is 0 Å². The van der Waals surface area contributed by atoms with Crippen molar-refractivity contribution >= 4 is 5.97 Å². The van der Waals surface area contributed by atoms with Gasteiger partial charge in [0.05, 0.1) is 13.0 Å². The fraction of sp³-hybridized carbons (Fsp3) is 0.857. The molecule has 0 amide bonds. The molecule has 2 rings (SSSR count). The van der Waals surface area contributed by atoms with Crippen LogP contribution in [-0.4, -0.2) is 41.3 Å². The van der Waals surface area contributed by atoms with Gasteiger partial charge < -0.3 is 19.7 Å². The average Bonchev–Trinajstić information content (AvgIpc) is 2.39. The maximum Gasteiger partial charge on any atom is 0.306 e. The molecule has 2 heterocycles. The zero-order valence-electron chi connectivity index (χ0n) is 6.34. The molecule has 0 aromatic carbocycles. The lowest BCUT2D eigenvalue weighted by Gasteiger charge is -2.31. The topological polar surface area (TPSA) is 76.0 Å². The first-order valence-corrected chi connectivity index (χ1v) is 3.85. The van der Waals surface area contributed by atoms with Crippen molar-refractivity contribution in [3.05, 3.63) is 0 Å². The number of aliphatic hydroxyl groups is 2. The Labute approximate surface area is 68.9 Å². The monoisotopic (exact) mass is 174 g/mol. The third-order valence-corrected chi connectivity index (χ3v) is 2.27. The fourth-order valence-corrected chi connectivity index (χ4v) is 1.61. The molecule has 1 unspecified atom stereocenters. The molecular formula is C7H10O5. The van der Waals surface area contributed by atoms with E-state index in [-0.39, 0.29) is 24.9 Å². The van der Waals surface area contributed by atoms with Crippen LogP contribution in [0.5, 0.6) is 0 Å². The molecule has 2 aliphatic heterocycles. The zero-order chi connectivity index (χ0) is 8.72. The number of esters is 1. The molecule has 4 atom stereocenters. The number of rotatable bonds is 0. The molecule has 0 aromatic heterocycles. The highest BCUT2D eigenvalue weighted by atomic mass is 16.6. The molecule has 0 saturated carbocycles. The molecule has 0 spiro atoms. The van der Waals surface area contributed by atoms with E-state index in [2.05, 4.69) is 0 Å². The molecule has 2 aliphatic rings. The van der Waals surface area contributed by atoms with Crippen LogP contribution in [0.3, 0.4) is 0 Å². The largest absolute Gasteiger partial charge is 0.459 e. The second-order valence-corrected chi connectivity index (χ2v) is 3.13. The van der Waals surface area contributed by atoms with Crippen molar-refractivity contribution in [3.63, 3.8) is 0 Å². The average molecular weight is 174 g/mol. The summed E-state index contributed by atoms with van der Waals surface area (Å²) in [5.74, 6) is -0.433. The van der Waals surface area contributed by atoms with Gasteiger partial charge in [-0.25, -0.2) is 0 Å². The Morgan fingerprint density at radius 1 is 1.42 bits per heavy atom. The van der Waals surface area contributed by atoms with Crippen molar-refractivity contribution in [1.82, 2.24) is 0 Å². The Morgan fingerprint density at radius 2 is 2.17 bits per heavy atom. The molecule has 2 N–H and O–H groups in total. The summed E-state index contributed by atoms with van der Waals surface area (Å²) in [5.41, 5.74) is 0. The third-order valence-electron chi connectivity index (χ3n) is 2.27. The molecule has 2 saturated heterocycles. The van der Waals surface area contributed by atoms with Gasteiger partial charge in [0.1, 0.15) is 12.2 Å². The van der Waals surface area contributed by atoms with Crippen molar-refractivity contribution in [2.45, 2.75) is 24.9 Å². The predicted molar refractivity (Wildman–Crippen MR) is 36.0 cm³/mol. The molecule has 12 heavy (non-hydrogen) atoms. The van der Waals surface area contributed by atoms with Crippen LogP contribution < -0.4 is 0 Å². The lowest BCUT2D eigenvalue weighted by atomic mass is 9.95. The second-order valence-electron chi connectivity index (χ2n) is 3.13. The summed E-state index contributed by atoms with van der Waals surface area (Å²) in [4.78, 5) is 10.8. The smallest absolute Gasteiger partial charge is 0.306 e. The van der Waals surface area contributed by atoms with Crippen LogP contribution >= 0.6 is 0 Å². The lowest BCUT2D eigenvalue weighted by molar-refractivity contribution is -0.231. The minimum absolute atomic E-state index is 0.101. The Kier molecular flexibility index (Phi) is 1.79. The normalized spacial score (nSPS) is 47.0. The van der Waals surface area contributed by atoms with E-state index in [1.807, 2.05) is 0 Å². The predicted octanol–water partition coefficient (Wildman–Crippen LogP) is -1.37. The van der Waals surface area contributed by atoms with Crippen LogP contribution in [0.15, 0.2) is 0 Å². The summed E-state index contributed by atoms with van der Waals surface area (Å²) >= 11 is 0. The maximum atomic E-state index is 10.8. The van der Waals surface area contributed by atoms with E-state index in [0.717, 1.165) is 0 Å². The number of carbonyl (C=O) groups excluding carboxylic acids is 1. The van der Waals surface area contributed by atoms with Crippen LogP contribution in [0, 0.1) is 5.92 Å². The summed E-state index contributed by atoms with van der Waals surface area (Å²) in [6.07, 6.45) is -2.64. The molecule has 0 bridgehead atoms. The Morgan fingerprint density at radius 3 is 2.92 bits per heavy atom. The Bertz CT molecular complexity index is 204. The Hall–Kier alpha value is -0.650. The molecular weight excluding hydrogens is 164 g/mol. The number of ether oxygens (including phenoxy) is 2. The van der Waals surface area contributed by atoms with Crippen LogP contribution in [0.2, 0.25) is 0 Å². The van der Waals surface area contributed by atoms with E-state index < -0.39 is 18.5 Å². The number of carbonyl (C=O) groups is 1.